The first kappa shape index (κ1) is 12.4. The molecule has 0 fully saturated rings. The van der Waals surface area contributed by atoms with Crippen molar-refractivity contribution in [3.05, 3.63) is 0 Å². The fourth-order valence-electron chi connectivity index (χ4n) is 0.843. The van der Waals surface area contributed by atoms with Crippen molar-refractivity contribution in [1.29, 1.82) is 0 Å². The van der Waals surface area contributed by atoms with Gasteiger partial charge in [-0.05, 0) is 11.8 Å². The van der Waals surface area contributed by atoms with Gasteiger partial charge in [0.1, 0.15) is 0 Å². The second kappa shape index (κ2) is 5.22. The van der Waals surface area contributed by atoms with Crippen LogP contribution >= 0.6 is 0 Å². The minimum absolute atomic E-state index is 0.00353. The van der Waals surface area contributed by atoms with Gasteiger partial charge < -0.3 is 11.1 Å². The van der Waals surface area contributed by atoms with Crippen molar-refractivity contribution in [3.63, 3.8) is 0 Å². The lowest BCUT2D eigenvalue weighted by Gasteiger charge is -2.26. The van der Waals surface area contributed by atoms with Crippen molar-refractivity contribution >= 4 is 5.91 Å². The lowest BCUT2D eigenvalue weighted by molar-refractivity contribution is -0.121. The number of amides is 1. The molecule has 0 aromatic rings. The highest BCUT2D eigenvalue weighted by atomic mass is 16.1. The Labute approximate surface area is 81.1 Å². The third kappa shape index (κ3) is 5.64. The standard InChI is InChI=1S/C10H22N2O/c1-5-6-12-9(13)7-8(11)10(2,3)4/h8H,5-7,11H2,1-4H3,(H,12,13). The normalized spacial score (nSPS) is 13.9. The molecule has 1 unspecified atom stereocenters. The Balaban J connectivity index is 3.79. The van der Waals surface area contributed by atoms with Gasteiger partial charge in [0.25, 0.3) is 0 Å². The summed E-state index contributed by atoms with van der Waals surface area (Å²) in [5, 5.41) is 2.82. The molecule has 0 aliphatic heterocycles. The van der Waals surface area contributed by atoms with Crippen LogP contribution in [0.1, 0.15) is 40.5 Å². The molecule has 1 amide bonds. The number of nitrogens with one attached hydrogen (secondary N) is 1. The molecule has 0 aromatic heterocycles. The number of hydrogen-bond donors (Lipinski definition) is 2. The van der Waals surface area contributed by atoms with E-state index in [1.807, 2.05) is 27.7 Å². The van der Waals surface area contributed by atoms with E-state index in [-0.39, 0.29) is 17.4 Å². The zero-order valence-corrected chi connectivity index (χ0v) is 9.18. The number of carbonyl (C=O) groups is 1. The van der Waals surface area contributed by atoms with E-state index < -0.39 is 0 Å². The van der Waals surface area contributed by atoms with Gasteiger partial charge in [-0.15, -0.1) is 0 Å². The van der Waals surface area contributed by atoms with Crippen molar-refractivity contribution < 1.29 is 4.79 Å². The van der Waals surface area contributed by atoms with E-state index in [9.17, 15) is 4.79 Å². The topological polar surface area (TPSA) is 55.1 Å². The largest absolute Gasteiger partial charge is 0.356 e. The highest BCUT2D eigenvalue weighted by Crippen LogP contribution is 2.19. The van der Waals surface area contributed by atoms with E-state index in [2.05, 4.69) is 5.32 Å². The third-order valence-electron chi connectivity index (χ3n) is 2.09. The second-order valence-corrected chi connectivity index (χ2v) is 4.53. The average Bonchev–Trinajstić information content (AvgIpc) is 1.99. The van der Waals surface area contributed by atoms with Crippen LogP contribution < -0.4 is 11.1 Å². The summed E-state index contributed by atoms with van der Waals surface area (Å²) >= 11 is 0. The molecule has 0 spiro atoms. The van der Waals surface area contributed by atoms with E-state index in [1.165, 1.54) is 0 Å². The van der Waals surface area contributed by atoms with Crippen LogP contribution in [0.4, 0.5) is 0 Å². The van der Waals surface area contributed by atoms with Crippen molar-refractivity contribution in [2.75, 3.05) is 6.54 Å². The zero-order valence-electron chi connectivity index (χ0n) is 9.18. The summed E-state index contributed by atoms with van der Waals surface area (Å²) < 4.78 is 0. The fraction of sp³-hybridized carbons (Fsp3) is 0.900. The van der Waals surface area contributed by atoms with Gasteiger partial charge in [-0.3, -0.25) is 4.79 Å². The quantitative estimate of drug-likeness (QED) is 0.695. The lowest BCUT2D eigenvalue weighted by atomic mass is 9.85. The first-order valence-corrected chi connectivity index (χ1v) is 4.90. The molecule has 0 saturated carbocycles. The number of nitrogens with two attached hydrogens (primary N) is 1. The van der Waals surface area contributed by atoms with Crippen molar-refractivity contribution in [2.24, 2.45) is 11.1 Å². The molecule has 78 valence electrons. The summed E-state index contributed by atoms with van der Waals surface area (Å²) in [6, 6.07) is -0.0654. The Morgan fingerprint density at radius 2 is 2.00 bits per heavy atom. The van der Waals surface area contributed by atoms with Gasteiger partial charge in [0.15, 0.2) is 0 Å². The number of rotatable bonds is 4. The molecule has 0 radical (unpaired) electrons. The van der Waals surface area contributed by atoms with Crippen LogP contribution in [-0.2, 0) is 4.79 Å². The van der Waals surface area contributed by atoms with Crippen molar-refractivity contribution in [2.45, 2.75) is 46.6 Å². The van der Waals surface area contributed by atoms with Crippen LogP contribution in [0.15, 0.2) is 0 Å². The van der Waals surface area contributed by atoms with E-state index in [4.69, 9.17) is 5.73 Å². The SMILES string of the molecule is CCCNC(=O)CC(N)C(C)(C)C. The predicted molar refractivity (Wildman–Crippen MR) is 55.3 cm³/mol. The predicted octanol–water partition coefficient (Wildman–Crippen LogP) is 1.28. The minimum Gasteiger partial charge on any atom is -0.356 e. The molecule has 0 aromatic carbocycles. The van der Waals surface area contributed by atoms with E-state index in [0.717, 1.165) is 13.0 Å². The van der Waals surface area contributed by atoms with Gasteiger partial charge in [-0.25, -0.2) is 0 Å². The first-order chi connectivity index (χ1) is 5.88. The molecule has 3 N–H and O–H groups in total. The maximum absolute atomic E-state index is 11.3. The van der Waals surface area contributed by atoms with Gasteiger partial charge in [-0.1, -0.05) is 27.7 Å². The highest BCUT2D eigenvalue weighted by Gasteiger charge is 2.22. The fourth-order valence-corrected chi connectivity index (χ4v) is 0.843. The summed E-state index contributed by atoms with van der Waals surface area (Å²) in [5.74, 6) is 0.0595. The van der Waals surface area contributed by atoms with Gasteiger partial charge >= 0.3 is 0 Å². The maximum atomic E-state index is 11.3. The molecule has 0 rings (SSSR count). The molecular formula is C10H22N2O. The van der Waals surface area contributed by atoms with Crippen LogP contribution in [0.5, 0.6) is 0 Å². The molecule has 13 heavy (non-hydrogen) atoms. The molecule has 0 aliphatic rings. The molecule has 0 aliphatic carbocycles. The molecule has 0 bridgehead atoms. The highest BCUT2D eigenvalue weighted by molar-refractivity contribution is 5.76. The Kier molecular flexibility index (Phi) is 4.99. The van der Waals surface area contributed by atoms with Gasteiger partial charge in [0.05, 0.1) is 0 Å². The van der Waals surface area contributed by atoms with Crippen LogP contribution in [0.2, 0.25) is 0 Å². The summed E-state index contributed by atoms with van der Waals surface area (Å²) in [5.41, 5.74) is 5.87. The number of hydrogen-bond acceptors (Lipinski definition) is 2. The minimum atomic E-state index is -0.0654. The number of carbonyl (C=O) groups excluding carboxylic acids is 1. The molecule has 0 saturated heterocycles. The monoisotopic (exact) mass is 186 g/mol. The van der Waals surface area contributed by atoms with Crippen LogP contribution in [-0.4, -0.2) is 18.5 Å². The van der Waals surface area contributed by atoms with Gasteiger partial charge in [0, 0.05) is 19.0 Å². The first-order valence-electron chi connectivity index (χ1n) is 4.90. The summed E-state index contributed by atoms with van der Waals surface area (Å²) in [6.07, 6.45) is 1.39. The average molecular weight is 186 g/mol. The molecule has 3 heteroatoms. The summed E-state index contributed by atoms with van der Waals surface area (Å²) in [6.45, 7) is 8.92. The van der Waals surface area contributed by atoms with Crippen LogP contribution in [0.3, 0.4) is 0 Å². The maximum Gasteiger partial charge on any atom is 0.221 e. The second-order valence-electron chi connectivity index (χ2n) is 4.53. The van der Waals surface area contributed by atoms with E-state index >= 15 is 0 Å². The van der Waals surface area contributed by atoms with Crippen molar-refractivity contribution in [3.8, 4) is 0 Å². The Bertz CT molecular complexity index is 161. The van der Waals surface area contributed by atoms with Crippen LogP contribution in [0, 0.1) is 5.41 Å². The Morgan fingerprint density at radius 3 is 2.38 bits per heavy atom. The lowest BCUT2D eigenvalue weighted by Crippen LogP contribution is -2.40. The van der Waals surface area contributed by atoms with E-state index in [0.29, 0.717) is 6.42 Å². The Morgan fingerprint density at radius 1 is 1.46 bits per heavy atom. The molecule has 1 atom stereocenters. The molecule has 0 heterocycles. The van der Waals surface area contributed by atoms with Crippen molar-refractivity contribution in [1.82, 2.24) is 5.32 Å². The molecule has 3 nitrogen and oxygen atoms in total. The zero-order chi connectivity index (χ0) is 10.5. The smallest absolute Gasteiger partial charge is 0.221 e. The van der Waals surface area contributed by atoms with E-state index in [1.54, 1.807) is 0 Å². The molecular weight excluding hydrogens is 164 g/mol. The van der Waals surface area contributed by atoms with Gasteiger partial charge in [-0.2, -0.15) is 0 Å². The van der Waals surface area contributed by atoms with Crippen LogP contribution in [0.25, 0.3) is 0 Å². The third-order valence-corrected chi connectivity index (χ3v) is 2.09. The summed E-state index contributed by atoms with van der Waals surface area (Å²) in [7, 11) is 0. The summed E-state index contributed by atoms with van der Waals surface area (Å²) in [4.78, 5) is 11.3. The Hall–Kier alpha value is -0.570. The van der Waals surface area contributed by atoms with Gasteiger partial charge in [0.2, 0.25) is 5.91 Å².